The van der Waals surface area contributed by atoms with E-state index in [0.717, 1.165) is 29.2 Å². The van der Waals surface area contributed by atoms with Crippen LogP contribution < -0.4 is 5.32 Å². The number of rotatable bonds is 31. The van der Waals surface area contributed by atoms with E-state index in [1.54, 1.807) is 30.3 Å². The number of hydrogen-bond acceptors (Lipinski definition) is 19. The third-order valence-electron chi connectivity index (χ3n) is 14.4. The van der Waals surface area contributed by atoms with E-state index < -0.39 is 123 Å². The molecule has 23 heteroatoms. The zero-order valence-electron chi connectivity index (χ0n) is 46.4. The van der Waals surface area contributed by atoms with Crippen LogP contribution in [0.4, 0.5) is 0 Å². The number of amides is 1. The molecule has 452 valence electrons. The minimum atomic E-state index is -2.99. The van der Waals surface area contributed by atoms with E-state index in [4.69, 9.17) is 57.6 Å². The maximum Gasteiger partial charge on any atom is 0.364 e. The van der Waals surface area contributed by atoms with E-state index in [0.29, 0.717) is 12.0 Å². The molecule has 0 spiro atoms. The Balaban J connectivity index is 1.24. The Labute approximate surface area is 486 Å². The van der Waals surface area contributed by atoms with Crippen LogP contribution in [0.15, 0.2) is 157 Å². The Bertz CT molecular complexity index is 2780. The summed E-state index contributed by atoms with van der Waals surface area (Å²) in [6.07, 6.45) is -22.6. The molecule has 84 heavy (non-hydrogen) atoms. The highest BCUT2D eigenvalue weighted by atomic mass is 16.8. The van der Waals surface area contributed by atoms with Crippen LogP contribution >= 0.6 is 0 Å². The monoisotopic (exact) mass is 1170 g/mol. The zero-order chi connectivity index (χ0) is 59.3. The topological polar surface area (TPSA) is 318 Å². The number of nitrogens with one attached hydrogen (secondary N) is 1. The maximum atomic E-state index is 13.9. The SMILES string of the molecule is CC(=O)N[C@H]1[C@H]([C@H](O)[C@H](O)CO)O[C@@](O[C@H]2[C@@H](O)[C@@H](COCc3ccccc3)O[C@@H](O[C@H]3[C@H](OCc4ccccc4)[C@@H](OCc4ccccc4)[C@H](OCCCN=[N+]=[N-])O[C@@H]3COCc3ccccc3)[C@@H]2OCc2ccccc2)(C(=O)O)C[C@@H]1O. The molecular weight excluding hydrogens is 1090 g/mol. The highest BCUT2D eigenvalue weighted by Crippen LogP contribution is 2.40. The van der Waals surface area contributed by atoms with Crippen LogP contribution in [0, 0.1) is 0 Å². The van der Waals surface area contributed by atoms with Crippen LogP contribution in [-0.4, -0.2) is 173 Å². The summed E-state index contributed by atoms with van der Waals surface area (Å²) >= 11 is 0. The molecule has 3 aliphatic heterocycles. The van der Waals surface area contributed by atoms with Gasteiger partial charge in [0.1, 0.15) is 67.1 Å². The van der Waals surface area contributed by atoms with Crippen molar-refractivity contribution in [2.24, 2.45) is 5.11 Å². The molecule has 3 fully saturated rings. The fraction of sp³-hybridized carbons (Fsp3) is 0.475. The molecule has 0 saturated carbocycles. The fourth-order valence-corrected chi connectivity index (χ4v) is 10.2. The Morgan fingerprint density at radius 2 is 1.12 bits per heavy atom. The van der Waals surface area contributed by atoms with E-state index in [9.17, 15) is 40.2 Å². The average molecular weight is 1170 g/mol. The number of carbonyl (C=O) groups excluding carboxylic acids is 1. The number of aliphatic hydroxyl groups is 5. The van der Waals surface area contributed by atoms with Gasteiger partial charge in [0.05, 0.1) is 65.0 Å². The van der Waals surface area contributed by atoms with Gasteiger partial charge in [0, 0.05) is 31.4 Å². The van der Waals surface area contributed by atoms with E-state index in [-0.39, 0.29) is 59.4 Å². The highest BCUT2D eigenvalue weighted by Gasteiger charge is 2.61. The maximum absolute atomic E-state index is 13.9. The van der Waals surface area contributed by atoms with E-state index >= 15 is 0 Å². The van der Waals surface area contributed by atoms with E-state index in [1.165, 1.54) is 0 Å². The molecule has 8 rings (SSSR count). The third kappa shape index (κ3) is 17.7. The molecule has 16 atom stereocenters. The number of nitrogens with zero attached hydrogens (tertiary/aromatic N) is 3. The Morgan fingerprint density at radius 1 is 0.655 bits per heavy atom. The summed E-state index contributed by atoms with van der Waals surface area (Å²) in [6.45, 7) is -0.190. The van der Waals surface area contributed by atoms with Crippen LogP contribution in [0.1, 0.15) is 47.6 Å². The van der Waals surface area contributed by atoms with Crippen LogP contribution in [-0.2, 0) is 94.7 Å². The normalized spacial score (nSPS) is 28.6. The summed E-state index contributed by atoms with van der Waals surface area (Å²) in [5.74, 6) is -5.54. The molecule has 5 aromatic rings. The van der Waals surface area contributed by atoms with Gasteiger partial charge in [-0.15, -0.1) is 0 Å². The number of hydrogen-bond donors (Lipinski definition) is 7. The number of aliphatic carboxylic acids is 1. The average Bonchev–Trinajstić information content (AvgIpc) is 2.11. The van der Waals surface area contributed by atoms with Crippen molar-refractivity contribution >= 4 is 11.9 Å². The number of ether oxygens (including phenoxy) is 11. The van der Waals surface area contributed by atoms with Gasteiger partial charge in [0.25, 0.3) is 5.79 Å². The lowest BCUT2D eigenvalue weighted by Gasteiger charge is -2.52. The molecule has 23 nitrogen and oxygen atoms in total. The first-order chi connectivity index (χ1) is 40.9. The van der Waals surface area contributed by atoms with Crippen LogP contribution in [0.25, 0.3) is 10.4 Å². The standard InChI is InChI=1S/C61H74N4O19/c1-39(67)64-49-45(68)30-61(60(72)73,83-53(49)50(70)46(69)31-66)84-54-51(71)47(37-74-32-40-18-7-2-8-19-40)80-59(56(54)78-35-43-24-13-5-14-25-43)82-52-48(38-75-33-41-20-9-3-10-21-41)81-58(76-29-17-28-63-65-62)57(79-36-44-26-15-6-16-27-44)55(52)77-34-42-22-11-4-12-23-42/h2-16,18-27,45-59,66,68-71H,17,28-38H2,1H3,(H,64,67)(H,72,73)/t45-,46+,47+,48+,49+,50+,51-,52+,53+,54-,55-,56+,57+,58+,59-,61-/m0/s1. The molecular formula is C61H74N4O19. The second-order valence-electron chi connectivity index (χ2n) is 20.6. The minimum Gasteiger partial charge on any atom is -0.477 e. The zero-order valence-corrected chi connectivity index (χ0v) is 46.4. The first-order valence-corrected chi connectivity index (χ1v) is 27.8. The van der Waals surface area contributed by atoms with Crippen molar-refractivity contribution in [3.63, 3.8) is 0 Å². The number of carboxylic acid groups (broad SMARTS) is 1. The molecule has 0 bridgehead atoms. The molecule has 5 aromatic carbocycles. The smallest absolute Gasteiger partial charge is 0.364 e. The third-order valence-corrected chi connectivity index (χ3v) is 14.4. The van der Waals surface area contributed by atoms with Gasteiger partial charge >= 0.3 is 5.97 Å². The summed E-state index contributed by atoms with van der Waals surface area (Å²) in [4.78, 5) is 29.3. The summed E-state index contributed by atoms with van der Waals surface area (Å²) in [7, 11) is 0. The molecule has 3 aliphatic rings. The largest absolute Gasteiger partial charge is 0.477 e. The molecule has 7 N–H and O–H groups in total. The van der Waals surface area contributed by atoms with Crippen molar-refractivity contribution in [1.29, 1.82) is 0 Å². The lowest BCUT2D eigenvalue weighted by Crippen LogP contribution is -2.71. The molecule has 0 aromatic heterocycles. The van der Waals surface area contributed by atoms with Gasteiger partial charge in [-0.25, -0.2) is 4.79 Å². The van der Waals surface area contributed by atoms with Crippen LogP contribution in [0.3, 0.4) is 0 Å². The number of carbonyl (C=O) groups is 2. The van der Waals surface area contributed by atoms with Gasteiger partial charge in [0.15, 0.2) is 12.6 Å². The van der Waals surface area contributed by atoms with Crippen molar-refractivity contribution in [3.05, 3.63) is 190 Å². The lowest BCUT2D eigenvalue weighted by atomic mass is 9.88. The molecule has 3 saturated heterocycles. The van der Waals surface area contributed by atoms with Gasteiger partial charge in [-0.3, -0.25) is 4.79 Å². The van der Waals surface area contributed by atoms with Gasteiger partial charge < -0.3 is 88.1 Å². The molecule has 3 heterocycles. The minimum absolute atomic E-state index is 0.00982. The molecule has 0 unspecified atom stereocenters. The van der Waals surface area contributed by atoms with Gasteiger partial charge in [-0.2, -0.15) is 0 Å². The quantitative estimate of drug-likeness (QED) is 0.0138. The van der Waals surface area contributed by atoms with Crippen molar-refractivity contribution in [1.82, 2.24) is 5.32 Å². The number of benzene rings is 5. The van der Waals surface area contributed by atoms with E-state index in [1.807, 2.05) is 121 Å². The van der Waals surface area contributed by atoms with Crippen LogP contribution in [0.2, 0.25) is 0 Å². The molecule has 0 aliphatic carbocycles. The van der Waals surface area contributed by atoms with Crippen molar-refractivity contribution in [2.45, 2.75) is 150 Å². The Hall–Kier alpha value is -6.29. The first-order valence-electron chi connectivity index (χ1n) is 27.8. The number of carboxylic acids is 1. The highest BCUT2D eigenvalue weighted by molar-refractivity contribution is 5.76. The Kier molecular flexibility index (Phi) is 24.5. The number of azide groups is 1. The van der Waals surface area contributed by atoms with Crippen molar-refractivity contribution in [3.8, 4) is 0 Å². The predicted molar refractivity (Wildman–Crippen MR) is 297 cm³/mol. The first kappa shape index (κ1) is 63.7. The summed E-state index contributed by atoms with van der Waals surface area (Å²) in [5, 5.41) is 74.0. The molecule has 0 radical (unpaired) electrons. The summed E-state index contributed by atoms with van der Waals surface area (Å²) in [5.41, 5.74) is 12.9. The van der Waals surface area contributed by atoms with Crippen molar-refractivity contribution in [2.75, 3.05) is 33.0 Å². The predicted octanol–water partition coefficient (Wildman–Crippen LogP) is 4.62. The van der Waals surface area contributed by atoms with Crippen LogP contribution in [0.5, 0.6) is 0 Å². The fourth-order valence-electron chi connectivity index (χ4n) is 10.2. The summed E-state index contributed by atoms with van der Waals surface area (Å²) < 4.78 is 73.4. The second-order valence-corrected chi connectivity index (χ2v) is 20.6. The van der Waals surface area contributed by atoms with Gasteiger partial charge in [-0.1, -0.05) is 157 Å². The van der Waals surface area contributed by atoms with E-state index in [2.05, 4.69) is 15.3 Å². The number of aliphatic hydroxyl groups excluding tert-OH is 5. The molecule has 1 amide bonds. The summed E-state index contributed by atoms with van der Waals surface area (Å²) in [6, 6.07) is 44.7. The van der Waals surface area contributed by atoms with Crippen molar-refractivity contribution < 1.29 is 92.3 Å². The Morgan fingerprint density at radius 3 is 1.60 bits per heavy atom. The van der Waals surface area contributed by atoms with Gasteiger partial charge in [0.2, 0.25) is 5.91 Å². The lowest BCUT2D eigenvalue weighted by molar-refractivity contribution is -0.395. The van der Waals surface area contributed by atoms with Gasteiger partial charge in [-0.05, 0) is 39.8 Å². The second kappa shape index (κ2) is 32.3.